The highest BCUT2D eigenvalue weighted by atomic mass is 32.1. The van der Waals surface area contributed by atoms with Crippen molar-refractivity contribution in [3.05, 3.63) is 23.8 Å². The summed E-state index contributed by atoms with van der Waals surface area (Å²) in [5.41, 5.74) is 0.0920. The molecule has 0 aliphatic rings. The van der Waals surface area contributed by atoms with Gasteiger partial charge in [0.05, 0.1) is 16.5 Å². The molecule has 0 radical (unpaired) electrons. The molecule has 2 N–H and O–H groups in total. The van der Waals surface area contributed by atoms with Gasteiger partial charge in [-0.1, -0.05) is 0 Å². The fraction of sp³-hybridized carbons (Fsp3) is 0. The van der Waals surface area contributed by atoms with Gasteiger partial charge in [-0.2, -0.15) is 5.26 Å². The third-order valence-corrected chi connectivity index (χ3v) is 3.02. The SMILES string of the molecule is N#Cc1c(NC(=O)O)sc2c(F)cncc12. The number of aromatic nitrogens is 1. The van der Waals surface area contributed by atoms with E-state index in [1.165, 1.54) is 6.20 Å². The molecule has 0 atom stereocenters. The Kier molecular flexibility index (Phi) is 2.42. The summed E-state index contributed by atoms with van der Waals surface area (Å²) < 4.78 is 13.5. The minimum Gasteiger partial charge on any atom is -0.465 e. The topological polar surface area (TPSA) is 86.0 Å². The quantitative estimate of drug-likeness (QED) is 0.797. The lowest BCUT2D eigenvalue weighted by atomic mass is 10.2. The lowest BCUT2D eigenvalue weighted by Crippen LogP contribution is -2.06. The van der Waals surface area contributed by atoms with Crippen LogP contribution in [0.15, 0.2) is 12.4 Å². The highest BCUT2D eigenvalue weighted by Gasteiger charge is 2.16. The van der Waals surface area contributed by atoms with Gasteiger partial charge in [0.25, 0.3) is 0 Å². The van der Waals surface area contributed by atoms with Crippen molar-refractivity contribution >= 4 is 32.5 Å². The number of nitrogens with one attached hydrogen (secondary N) is 1. The van der Waals surface area contributed by atoms with Gasteiger partial charge in [0.15, 0.2) is 5.82 Å². The Morgan fingerprint density at radius 1 is 1.62 bits per heavy atom. The first-order chi connectivity index (χ1) is 7.63. The van der Waals surface area contributed by atoms with Crippen molar-refractivity contribution in [3.8, 4) is 6.07 Å². The van der Waals surface area contributed by atoms with Crippen LogP contribution in [-0.2, 0) is 0 Å². The van der Waals surface area contributed by atoms with Crippen LogP contribution in [0.4, 0.5) is 14.2 Å². The number of fused-ring (bicyclic) bond motifs is 1. The molecule has 0 aliphatic heterocycles. The third-order valence-electron chi connectivity index (χ3n) is 1.89. The molecule has 5 nitrogen and oxygen atoms in total. The van der Waals surface area contributed by atoms with E-state index in [2.05, 4.69) is 10.3 Å². The lowest BCUT2D eigenvalue weighted by Gasteiger charge is -1.94. The zero-order valence-corrected chi connectivity index (χ0v) is 8.51. The largest absolute Gasteiger partial charge is 0.465 e. The molecule has 80 valence electrons. The first-order valence-corrected chi connectivity index (χ1v) is 4.91. The number of amides is 1. The molecule has 2 rings (SSSR count). The molecule has 0 aliphatic carbocycles. The van der Waals surface area contributed by atoms with E-state index in [9.17, 15) is 9.18 Å². The second-order valence-electron chi connectivity index (χ2n) is 2.85. The smallest absolute Gasteiger partial charge is 0.409 e. The zero-order valence-electron chi connectivity index (χ0n) is 7.69. The van der Waals surface area contributed by atoms with Crippen LogP contribution >= 0.6 is 11.3 Å². The molecule has 0 fully saturated rings. The van der Waals surface area contributed by atoms with Crippen LogP contribution in [0.3, 0.4) is 0 Å². The molecule has 0 unspecified atom stereocenters. The van der Waals surface area contributed by atoms with Crippen LogP contribution in [-0.4, -0.2) is 16.2 Å². The molecule has 0 saturated carbocycles. The van der Waals surface area contributed by atoms with Crippen LogP contribution < -0.4 is 5.32 Å². The van der Waals surface area contributed by atoms with Crippen molar-refractivity contribution in [2.45, 2.75) is 0 Å². The predicted octanol–water partition coefficient (Wildman–Crippen LogP) is 2.40. The van der Waals surface area contributed by atoms with Gasteiger partial charge in [-0.15, -0.1) is 11.3 Å². The van der Waals surface area contributed by atoms with Crippen molar-refractivity contribution < 1.29 is 14.3 Å². The van der Waals surface area contributed by atoms with Crippen molar-refractivity contribution in [2.24, 2.45) is 0 Å². The van der Waals surface area contributed by atoms with Gasteiger partial charge in [0, 0.05) is 11.6 Å². The molecule has 0 aromatic carbocycles. The molecule has 16 heavy (non-hydrogen) atoms. The molecule has 2 heterocycles. The van der Waals surface area contributed by atoms with Crippen LogP contribution in [0.25, 0.3) is 10.1 Å². The summed E-state index contributed by atoms with van der Waals surface area (Å²) in [7, 11) is 0. The van der Waals surface area contributed by atoms with Crippen LogP contribution in [0.2, 0.25) is 0 Å². The number of hydrogen-bond donors (Lipinski definition) is 2. The summed E-state index contributed by atoms with van der Waals surface area (Å²) >= 11 is 0.874. The number of pyridine rings is 1. The molecule has 1 amide bonds. The first kappa shape index (κ1) is 10.3. The average Bonchev–Trinajstić information content (AvgIpc) is 2.56. The van der Waals surface area contributed by atoms with E-state index < -0.39 is 11.9 Å². The highest BCUT2D eigenvalue weighted by Crippen LogP contribution is 2.35. The Hall–Kier alpha value is -2.20. The standard InChI is InChI=1S/C9H4FN3O2S/c10-6-3-12-2-5-4(1-11)8(13-9(14)15)16-7(5)6/h2-3,13H,(H,14,15). The number of rotatable bonds is 1. The van der Waals surface area contributed by atoms with Gasteiger partial charge >= 0.3 is 6.09 Å². The van der Waals surface area contributed by atoms with E-state index in [-0.39, 0.29) is 15.3 Å². The van der Waals surface area contributed by atoms with Gasteiger partial charge in [0.1, 0.15) is 11.1 Å². The van der Waals surface area contributed by atoms with Gasteiger partial charge < -0.3 is 5.11 Å². The zero-order chi connectivity index (χ0) is 11.7. The summed E-state index contributed by atoms with van der Waals surface area (Å²) in [4.78, 5) is 14.1. The third kappa shape index (κ3) is 1.55. The molecular weight excluding hydrogens is 233 g/mol. The lowest BCUT2D eigenvalue weighted by molar-refractivity contribution is 0.210. The number of nitrogens with zero attached hydrogens (tertiary/aromatic N) is 2. The molecule has 0 bridgehead atoms. The maximum atomic E-state index is 13.3. The van der Waals surface area contributed by atoms with E-state index >= 15 is 0 Å². The molecule has 0 saturated heterocycles. The van der Waals surface area contributed by atoms with Crippen LogP contribution in [0, 0.1) is 17.1 Å². The Bertz CT molecular complexity index is 617. The normalized spacial score (nSPS) is 10.0. The van der Waals surface area contributed by atoms with Crippen molar-refractivity contribution in [1.82, 2.24) is 4.98 Å². The van der Waals surface area contributed by atoms with E-state index in [1.54, 1.807) is 0 Å². The summed E-state index contributed by atoms with van der Waals surface area (Å²) in [5.74, 6) is -0.572. The van der Waals surface area contributed by atoms with Crippen molar-refractivity contribution in [3.63, 3.8) is 0 Å². The second kappa shape index (κ2) is 3.75. The number of hydrogen-bond acceptors (Lipinski definition) is 4. The number of nitriles is 1. The number of thiophene rings is 1. The molecule has 2 aromatic rings. The van der Waals surface area contributed by atoms with Crippen LogP contribution in [0.1, 0.15) is 5.56 Å². The summed E-state index contributed by atoms with van der Waals surface area (Å²) in [6, 6.07) is 1.83. The van der Waals surface area contributed by atoms with Crippen LogP contribution in [0.5, 0.6) is 0 Å². The fourth-order valence-corrected chi connectivity index (χ4v) is 2.29. The number of carboxylic acid groups (broad SMARTS) is 1. The summed E-state index contributed by atoms with van der Waals surface area (Å²) in [6.45, 7) is 0. The first-order valence-electron chi connectivity index (χ1n) is 4.09. The van der Waals surface area contributed by atoms with E-state index in [1.807, 2.05) is 6.07 Å². The number of carbonyl (C=O) groups is 1. The van der Waals surface area contributed by atoms with E-state index in [0.717, 1.165) is 17.5 Å². The summed E-state index contributed by atoms with van der Waals surface area (Å²) in [5, 5.41) is 19.9. The second-order valence-corrected chi connectivity index (χ2v) is 3.87. The maximum absolute atomic E-state index is 13.3. The van der Waals surface area contributed by atoms with E-state index in [0.29, 0.717) is 5.39 Å². The minimum atomic E-state index is -1.29. The highest BCUT2D eigenvalue weighted by molar-refractivity contribution is 7.23. The Balaban J connectivity index is 2.72. The van der Waals surface area contributed by atoms with E-state index in [4.69, 9.17) is 10.4 Å². The minimum absolute atomic E-state index is 0.0920. The average molecular weight is 237 g/mol. The fourth-order valence-electron chi connectivity index (χ4n) is 1.28. The molecular formula is C9H4FN3O2S. The monoisotopic (exact) mass is 237 g/mol. The Morgan fingerprint density at radius 3 is 3.00 bits per heavy atom. The number of halogens is 1. The maximum Gasteiger partial charge on any atom is 0.409 e. The van der Waals surface area contributed by atoms with Gasteiger partial charge in [-0.3, -0.25) is 10.3 Å². The molecule has 7 heteroatoms. The summed E-state index contributed by atoms with van der Waals surface area (Å²) in [6.07, 6.45) is 1.06. The van der Waals surface area contributed by atoms with Crippen molar-refractivity contribution in [1.29, 1.82) is 5.26 Å². The van der Waals surface area contributed by atoms with Crippen molar-refractivity contribution in [2.75, 3.05) is 5.32 Å². The predicted molar refractivity (Wildman–Crippen MR) is 55.9 cm³/mol. The molecule has 0 spiro atoms. The Labute approximate surface area is 92.8 Å². The number of anilines is 1. The van der Waals surface area contributed by atoms with Gasteiger partial charge in [0.2, 0.25) is 0 Å². The Morgan fingerprint density at radius 2 is 2.38 bits per heavy atom. The van der Waals surface area contributed by atoms with Gasteiger partial charge in [-0.05, 0) is 0 Å². The molecule has 2 aromatic heterocycles. The van der Waals surface area contributed by atoms with Gasteiger partial charge in [-0.25, -0.2) is 9.18 Å².